The summed E-state index contributed by atoms with van der Waals surface area (Å²) in [5.41, 5.74) is 2.45. The molecule has 0 saturated carbocycles. The lowest BCUT2D eigenvalue weighted by Gasteiger charge is -2.25. The van der Waals surface area contributed by atoms with Crippen molar-refractivity contribution in [3.05, 3.63) is 35.4 Å². The molecule has 1 N–H and O–H groups in total. The molecular formula is C10H11IO. The summed E-state index contributed by atoms with van der Waals surface area (Å²) in [5.74, 6) is 0. The Morgan fingerprint density at radius 2 is 2.08 bits per heavy atom. The minimum Gasteiger partial charge on any atom is -0.387 e. The van der Waals surface area contributed by atoms with Crippen LogP contribution < -0.4 is 0 Å². The van der Waals surface area contributed by atoms with Crippen LogP contribution in [-0.4, -0.2) is 9.03 Å². The molecule has 2 rings (SSSR count). The number of aliphatic hydroxyl groups is 1. The lowest BCUT2D eigenvalue weighted by molar-refractivity contribution is 0.168. The number of halogens is 1. The quantitative estimate of drug-likeness (QED) is 0.569. The molecule has 0 bridgehead atoms. The van der Waals surface area contributed by atoms with Gasteiger partial charge < -0.3 is 5.11 Å². The molecule has 0 aromatic heterocycles. The van der Waals surface area contributed by atoms with Crippen LogP contribution in [0.1, 0.15) is 23.7 Å². The molecule has 1 aliphatic rings. The summed E-state index contributed by atoms with van der Waals surface area (Å²) in [7, 11) is 0. The summed E-state index contributed by atoms with van der Waals surface area (Å²) < 4.78 is 0.387. The van der Waals surface area contributed by atoms with Gasteiger partial charge in [0, 0.05) is 3.92 Å². The van der Waals surface area contributed by atoms with Gasteiger partial charge in [-0.25, -0.2) is 0 Å². The van der Waals surface area contributed by atoms with Gasteiger partial charge in [-0.05, 0) is 24.0 Å². The van der Waals surface area contributed by atoms with Crippen molar-refractivity contribution in [3.8, 4) is 0 Å². The molecule has 1 aliphatic carbocycles. The van der Waals surface area contributed by atoms with E-state index < -0.39 is 0 Å². The second-order valence-electron chi connectivity index (χ2n) is 3.20. The number of hydrogen-bond acceptors (Lipinski definition) is 1. The lowest BCUT2D eigenvalue weighted by atomic mass is 9.90. The van der Waals surface area contributed by atoms with Crippen LogP contribution in [0.3, 0.4) is 0 Å². The van der Waals surface area contributed by atoms with Gasteiger partial charge in [-0.3, -0.25) is 0 Å². The predicted molar refractivity (Wildman–Crippen MR) is 57.5 cm³/mol. The topological polar surface area (TPSA) is 20.2 Å². The standard InChI is InChI=1S/C10H11IO/c11-9-6-5-7-3-1-2-4-8(7)10(9)12/h1-4,9-10,12H,5-6H2/t9-,10-/m1/s1. The summed E-state index contributed by atoms with van der Waals surface area (Å²) >= 11 is 2.33. The average molecular weight is 274 g/mol. The number of alkyl halides is 1. The number of fused-ring (bicyclic) bond motifs is 1. The highest BCUT2D eigenvalue weighted by atomic mass is 127. The van der Waals surface area contributed by atoms with E-state index in [1.807, 2.05) is 18.2 Å². The van der Waals surface area contributed by atoms with Crippen LogP contribution in [0.25, 0.3) is 0 Å². The first kappa shape index (κ1) is 8.51. The molecule has 1 nitrogen and oxygen atoms in total. The monoisotopic (exact) mass is 274 g/mol. The maximum absolute atomic E-state index is 9.82. The van der Waals surface area contributed by atoms with Crippen LogP contribution in [0.15, 0.2) is 24.3 Å². The van der Waals surface area contributed by atoms with E-state index in [0.717, 1.165) is 18.4 Å². The molecule has 1 aromatic rings. The van der Waals surface area contributed by atoms with E-state index in [0.29, 0.717) is 3.92 Å². The minimum atomic E-state index is -0.254. The Bertz CT molecular complexity index is 285. The molecule has 2 heteroatoms. The van der Waals surface area contributed by atoms with Crippen molar-refractivity contribution in [3.63, 3.8) is 0 Å². The first-order chi connectivity index (χ1) is 5.79. The molecule has 0 radical (unpaired) electrons. The molecular weight excluding hydrogens is 263 g/mol. The highest BCUT2D eigenvalue weighted by Crippen LogP contribution is 2.33. The number of hydrogen-bond donors (Lipinski definition) is 1. The first-order valence-corrected chi connectivity index (χ1v) is 5.43. The van der Waals surface area contributed by atoms with Gasteiger partial charge in [0.1, 0.15) is 0 Å². The normalized spacial score (nSPS) is 28.2. The van der Waals surface area contributed by atoms with E-state index in [4.69, 9.17) is 0 Å². The molecule has 2 atom stereocenters. The van der Waals surface area contributed by atoms with Crippen molar-refractivity contribution >= 4 is 22.6 Å². The fourth-order valence-electron chi connectivity index (χ4n) is 1.70. The maximum atomic E-state index is 9.82. The SMILES string of the molecule is O[C@@H]1c2ccccc2CC[C@H]1I. The fraction of sp³-hybridized carbons (Fsp3) is 0.400. The van der Waals surface area contributed by atoms with Crippen molar-refractivity contribution in [2.75, 3.05) is 0 Å². The molecule has 0 amide bonds. The van der Waals surface area contributed by atoms with Crippen LogP contribution in [0.2, 0.25) is 0 Å². The molecule has 0 aliphatic heterocycles. The summed E-state index contributed by atoms with van der Waals surface area (Å²) in [6, 6.07) is 8.18. The van der Waals surface area contributed by atoms with Crippen molar-refractivity contribution in [2.45, 2.75) is 22.9 Å². The Labute approximate surface area is 85.9 Å². The lowest BCUT2D eigenvalue weighted by Crippen LogP contribution is -2.19. The highest BCUT2D eigenvalue weighted by Gasteiger charge is 2.24. The van der Waals surface area contributed by atoms with Gasteiger partial charge in [-0.2, -0.15) is 0 Å². The van der Waals surface area contributed by atoms with Crippen LogP contribution >= 0.6 is 22.6 Å². The Hall–Kier alpha value is -0.0900. The summed E-state index contributed by atoms with van der Waals surface area (Å²) in [6.45, 7) is 0. The van der Waals surface area contributed by atoms with Gasteiger partial charge >= 0.3 is 0 Å². The zero-order valence-electron chi connectivity index (χ0n) is 6.70. The second-order valence-corrected chi connectivity index (χ2v) is 4.80. The van der Waals surface area contributed by atoms with Crippen molar-refractivity contribution in [1.82, 2.24) is 0 Å². The van der Waals surface area contributed by atoms with Gasteiger partial charge in [0.25, 0.3) is 0 Å². The molecule has 0 fully saturated rings. The molecule has 0 heterocycles. The van der Waals surface area contributed by atoms with Gasteiger partial charge in [-0.1, -0.05) is 46.9 Å². The molecule has 64 valence electrons. The predicted octanol–water partition coefficient (Wildman–Crippen LogP) is 2.47. The summed E-state index contributed by atoms with van der Waals surface area (Å²) in [5, 5.41) is 9.82. The molecule has 12 heavy (non-hydrogen) atoms. The average Bonchev–Trinajstić information content (AvgIpc) is 2.12. The van der Waals surface area contributed by atoms with E-state index in [1.165, 1.54) is 5.56 Å². The van der Waals surface area contributed by atoms with E-state index in [-0.39, 0.29) is 6.10 Å². The van der Waals surface area contributed by atoms with E-state index in [1.54, 1.807) is 0 Å². The van der Waals surface area contributed by atoms with Crippen LogP contribution in [0.5, 0.6) is 0 Å². The van der Waals surface area contributed by atoms with Crippen LogP contribution in [0, 0.1) is 0 Å². The number of benzene rings is 1. The third-order valence-corrected chi connectivity index (χ3v) is 3.71. The van der Waals surface area contributed by atoms with E-state index in [9.17, 15) is 5.11 Å². The third kappa shape index (κ3) is 1.38. The third-order valence-electron chi connectivity index (χ3n) is 2.41. The van der Waals surface area contributed by atoms with Gasteiger partial charge in [-0.15, -0.1) is 0 Å². The van der Waals surface area contributed by atoms with Crippen LogP contribution in [-0.2, 0) is 6.42 Å². The first-order valence-electron chi connectivity index (χ1n) is 4.19. The van der Waals surface area contributed by atoms with Gasteiger partial charge in [0.15, 0.2) is 0 Å². The number of aliphatic hydroxyl groups excluding tert-OH is 1. The molecule has 0 spiro atoms. The molecule has 1 aromatic carbocycles. The summed E-state index contributed by atoms with van der Waals surface area (Å²) in [4.78, 5) is 0. The van der Waals surface area contributed by atoms with E-state index >= 15 is 0 Å². The zero-order valence-corrected chi connectivity index (χ0v) is 8.86. The highest BCUT2D eigenvalue weighted by molar-refractivity contribution is 14.1. The smallest absolute Gasteiger partial charge is 0.0910 e. The Kier molecular flexibility index (Phi) is 2.37. The van der Waals surface area contributed by atoms with Crippen molar-refractivity contribution in [1.29, 1.82) is 0 Å². The second kappa shape index (κ2) is 3.34. The van der Waals surface area contributed by atoms with E-state index in [2.05, 4.69) is 28.7 Å². The summed E-state index contributed by atoms with van der Waals surface area (Å²) in [6.07, 6.45) is 1.95. The Morgan fingerprint density at radius 1 is 1.33 bits per heavy atom. The largest absolute Gasteiger partial charge is 0.387 e. The Balaban J connectivity index is 2.42. The fourth-order valence-corrected chi connectivity index (χ4v) is 2.40. The van der Waals surface area contributed by atoms with Crippen molar-refractivity contribution in [2.24, 2.45) is 0 Å². The maximum Gasteiger partial charge on any atom is 0.0910 e. The van der Waals surface area contributed by atoms with Crippen LogP contribution in [0.4, 0.5) is 0 Å². The Morgan fingerprint density at radius 3 is 2.92 bits per heavy atom. The number of rotatable bonds is 0. The zero-order chi connectivity index (χ0) is 8.55. The van der Waals surface area contributed by atoms with Gasteiger partial charge in [0.05, 0.1) is 6.10 Å². The molecule has 0 saturated heterocycles. The minimum absolute atomic E-state index is 0.254. The van der Waals surface area contributed by atoms with Gasteiger partial charge in [0.2, 0.25) is 0 Å². The number of aryl methyl sites for hydroxylation is 1. The molecule has 0 unspecified atom stereocenters. The van der Waals surface area contributed by atoms with Crippen molar-refractivity contribution < 1.29 is 5.11 Å².